The molecule has 2 bridgehead atoms. The summed E-state index contributed by atoms with van der Waals surface area (Å²) in [6, 6.07) is 10.8. The van der Waals surface area contributed by atoms with Crippen LogP contribution in [0, 0.1) is 0 Å². The van der Waals surface area contributed by atoms with E-state index < -0.39 is 0 Å². The molecule has 0 aliphatic carbocycles. The SMILES string of the molecule is O=C(N[C@@H]1C[C@H]2CC[C@@H]1N2)c1cc2oc3ccccc3c2cn1. The van der Waals surface area contributed by atoms with Gasteiger partial charge in [0.05, 0.1) is 0 Å². The van der Waals surface area contributed by atoms with Crippen molar-refractivity contribution in [2.45, 2.75) is 37.4 Å². The molecule has 0 spiro atoms. The van der Waals surface area contributed by atoms with Crippen LogP contribution >= 0.6 is 0 Å². The molecule has 23 heavy (non-hydrogen) atoms. The summed E-state index contributed by atoms with van der Waals surface area (Å²) in [4.78, 5) is 16.8. The van der Waals surface area contributed by atoms with Crippen molar-refractivity contribution in [3.05, 3.63) is 42.2 Å². The highest BCUT2D eigenvalue weighted by molar-refractivity contribution is 6.06. The maximum Gasteiger partial charge on any atom is 0.270 e. The van der Waals surface area contributed by atoms with Crippen molar-refractivity contribution in [1.82, 2.24) is 15.6 Å². The standard InChI is InChI=1S/C18H17N3O2/c22-18(21-14-7-10-5-6-13(14)20-10)15-8-17-12(9-19-15)11-3-1-2-4-16(11)23-17/h1-4,8-10,13-14,20H,5-7H2,(H,21,22)/t10-,13+,14-/m1/s1. The van der Waals surface area contributed by atoms with Crippen LogP contribution < -0.4 is 10.6 Å². The van der Waals surface area contributed by atoms with E-state index in [0.29, 0.717) is 23.4 Å². The van der Waals surface area contributed by atoms with Crippen LogP contribution in [0.1, 0.15) is 29.8 Å². The van der Waals surface area contributed by atoms with Gasteiger partial charge in [-0.3, -0.25) is 9.78 Å². The third kappa shape index (κ3) is 2.04. The Labute approximate surface area is 133 Å². The van der Waals surface area contributed by atoms with E-state index in [2.05, 4.69) is 15.6 Å². The number of benzene rings is 1. The van der Waals surface area contributed by atoms with Gasteiger partial charge in [0, 0.05) is 41.2 Å². The van der Waals surface area contributed by atoms with Gasteiger partial charge in [0.1, 0.15) is 16.9 Å². The highest BCUT2D eigenvalue weighted by Gasteiger charge is 2.39. The molecule has 4 heterocycles. The Morgan fingerprint density at radius 1 is 1.22 bits per heavy atom. The summed E-state index contributed by atoms with van der Waals surface area (Å²) in [5.41, 5.74) is 1.94. The molecule has 3 atom stereocenters. The van der Waals surface area contributed by atoms with Gasteiger partial charge in [-0.05, 0) is 25.3 Å². The summed E-state index contributed by atoms with van der Waals surface area (Å²) in [5, 5.41) is 8.62. The van der Waals surface area contributed by atoms with Crippen molar-refractivity contribution in [3.63, 3.8) is 0 Å². The average Bonchev–Trinajstić information content (AvgIpc) is 3.27. The van der Waals surface area contributed by atoms with Crippen molar-refractivity contribution in [2.75, 3.05) is 0 Å². The molecule has 2 N–H and O–H groups in total. The molecule has 2 aliphatic rings. The zero-order valence-corrected chi connectivity index (χ0v) is 12.6. The van der Waals surface area contributed by atoms with Gasteiger partial charge in [0.25, 0.3) is 5.91 Å². The largest absolute Gasteiger partial charge is 0.456 e. The molecule has 0 unspecified atom stereocenters. The predicted molar refractivity (Wildman–Crippen MR) is 87.3 cm³/mol. The van der Waals surface area contributed by atoms with Gasteiger partial charge in [-0.2, -0.15) is 0 Å². The Hall–Kier alpha value is -2.40. The van der Waals surface area contributed by atoms with E-state index in [0.717, 1.165) is 29.2 Å². The topological polar surface area (TPSA) is 67.2 Å². The molecule has 2 aliphatic heterocycles. The quantitative estimate of drug-likeness (QED) is 0.763. The molecule has 5 heteroatoms. The number of para-hydroxylation sites is 1. The molecule has 116 valence electrons. The first-order valence-corrected chi connectivity index (χ1v) is 8.12. The van der Waals surface area contributed by atoms with Gasteiger partial charge in [-0.1, -0.05) is 18.2 Å². The van der Waals surface area contributed by atoms with E-state index in [1.165, 1.54) is 6.42 Å². The number of furan rings is 1. The first-order valence-electron chi connectivity index (χ1n) is 8.12. The smallest absolute Gasteiger partial charge is 0.270 e. The molecular weight excluding hydrogens is 290 g/mol. The number of aromatic nitrogens is 1. The first kappa shape index (κ1) is 13.1. The summed E-state index contributed by atoms with van der Waals surface area (Å²) in [5.74, 6) is -0.119. The van der Waals surface area contributed by atoms with E-state index in [9.17, 15) is 4.79 Å². The molecule has 5 rings (SSSR count). The fraction of sp³-hybridized carbons (Fsp3) is 0.333. The van der Waals surface area contributed by atoms with Gasteiger partial charge in [-0.15, -0.1) is 0 Å². The number of pyridine rings is 1. The molecule has 1 amide bonds. The Kier molecular flexibility index (Phi) is 2.73. The number of hydrogen-bond donors (Lipinski definition) is 2. The lowest BCUT2D eigenvalue weighted by atomic mass is 9.95. The molecule has 3 aromatic rings. The van der Waals surface area contributed by atoms with Crippen LogP contribution in [0.4, 0.5) is 0 Å². The zero-order chi connectivity index (χ0) is 15.4. The van der Waals surface area contributed by atoms with Crippen LogP contribution in [0.3, 0.4) is 0 Å². The molecule has 2 fully saturated rings. The van der Waals surface area contributed by atoms with Crippen molar-refractivity contribution < 1.29 is 9.21 Å². The summed E-state index contributed by atoms with van der Waals surface area (Å²) in [6.45, 7) is 0. The summed E-state index contributed by atoms with van der Waals surface area (Å²) in [6.07, 6.45) is 5.12. The molecule has 0 radical (unpaired) electrons. The summed E-state index contributed by atoms with van der Waals surface area (Å²) >= 11 is 0. The molecule has 2 aromatic heterocycles. The normalized spacial score (nSPS) is 26.2. The lowest BCUT2D eigenvalue weighted by Gasteiger charge is -2.21. The molecule has 0 saturated carbocycles. The van der Waals surface area contributed by atoms with Crippen LogP contribution in [0.2, 0.25) is 0 Å². The molecular formula is C18H17N3O2. The lowest BCUT2D eigenvalue weighted by Crippen LogP contribution is -2.43. The number of carbonyl (C=O) groups excluding carboxylic acids is 1. The third-order valence-electron chi connectivity index (χ3n) is 5.11. The van der Waals surface area contributed by atoms with Crippen LogP contribution in [0.5, 0.6) is 0 Å². The minimum absolute atomic E-state index is 0.119. The maximum absolute atomic E-state index is 12.5. The maximum atomic E-state index is 12.5. The second-order valence-electron chi connectivity index (χ2n) is 6.53. The fourth-order valence-electron chi connectivity index (χ4n) is 3.97. The van der Waals surface area contributed by atoms with Crippen LogP contribution in [-0.2, 0) is 0 Å². The van der Waals surface area contributed by atoms with E-state index in [4.69, 9.17) is 4.42 Å². The van der Waals surface area contributed by atoms with Crippen molar-refractivity contribution in [2.24, 2.45) is 0 Å². The van der Waals surface area contributed by atoms with E-state index in [1.807, 2.05) is 24.3 Å². The number of carbonyl (C=O) groups is 1. The monoisotopic (exact) mass is 307 g/mol. The number of amides is 1. The summed E-state index contributed by atoms with van der Waals surface area (Å²) in [7, 11) is 0. The number of hydrogen-bond acceptors (Lipinski definition) is 4. The number of fused-ring (bicyclic) bond motifs is 5. The van der Waals surface area contributed by atoms with E-state index in [-0.39, 0.29) is 11.9 Å². The lowest BCUT2D eigenvalue weighted by molar-refractivity contribution is 0.0926. The predicted octanol–water partition coefficient (Wildman–Crippen LogP) is 2.60. The van der Waals surface area contributed by atoms with Gasteiger partial charge >= 0.3 is 0 Å². The summed E-state index contributed by atoms with van der Waals surface area (Å²) < 4.78 is 5.83. The van der Waals surface area contributed by atoms with Crippen LogP contribution in [-0.4, -0.2) is 29.0 Å². The Morgan fingerprint density at radius 3 is 2.96 bits per heavy atom. The highest BCUT2D eigenvalue weighted by atomic mass is 16.3. The average molecular weight is 307 g/mol. The van der Waals surface area contributed by atoms with Crippen molar-refractivity contribution >= 4 is 27.8 Å². The number of rotatable bonds is 2. The highest BCUT2D eigenvalue weighted by Crippen LogP contribution is 2.30. The number of nitrogens with one attached hydrogen (secondary N) is 2. The molecule has 2 saturated heterocycles. The fourth-order valence-corrected chi connectivity index (χ4v) is 3.97. The Bertz CT molecular complexity index is 917. The first-order chi connectivity index (χ1) is 11.3. The Morgan fingerprint density at radius 2 is 2.13 bits per heavy atom. The van der Waals surface area contributed by atoms with Crippen LogP contribution in [0.25, 0.3) is 21.9 Å². The van der Waals surface area contributed by atoms with Gasteiger partial charge in [0.15, 0.2) is 0 Å². The second-order valence-corrected chi connectivity index (χ2v) is 6.53. The Balaban J connectivity index is 1.45. The zero-order valence-electron chi connectivity index (χ0n) is 12.6. The van der Waals surface area contributed by atoms with Crippen molar-refractivity contribution in [1.29, 1.82) is 0 Å². The van der Waals surface area contributed by atoms with Gasteiger partial charge < -0.3 is 15.1 Å². The second kappa shape index (κ2) is 4.80. The van der Waals surface area contributed by atoms with E-state index >= 15 is 0 Å². The van der Waals surface area contributed by atoms with Gasteiger partial charge in [0.2, 0.25) is 0 Å². The van der Waals surface area contributed by atoms with Gasteiger partial charge in [-0.25, -0.2) is 0 Å². The van der Waals surface area contributed by atoms with E-state index in [1.54, 1.807) is 12.3 Å². The number of nitrogens with zero attached hydrogens (tertiary/aromatic N) is 1. The van der Waals surface area contributed by atoms with Crippen LogP contribution in [0.15, 0.2) is 40.9 Å². The minimum Gasteiger partial charge on any atom is -0.456 e. The van der Waals surface area contributed by atoms with Crippen molar-refractivity contribution in [3.8, 4) is 0 Å². The molecule has 1 aromatic carbocycles. The third-order valence-corrected chi connectivity index (χ3v) is 5.11. The molecule has 5 nitrogen and oxygen atoms in total. The minimum atomic E-state index is -0.119.